The van der Waals surface area contributed by atoms with Crippen molar-refractivity contribution < 1.29 is 4.42 Å². The van der Waals surface area contributed by atoms with E-state index >= 15 is 0 Å². The van der Waals surface area contributed by atoms with Gasteiger partial charge in [-0.25, -0.2) is 4.98 Å². The molecule has 0 aliphatic heterocycles. The van der Waals surface area contributed by atoms with Crippen LogP contribution in [0.3, 0.4) is 0 Å². The van der Waals surface area contributed by atoms with Crippen molar-refractivity contribution in [3.8, 4) is 17.5 Å². The van der Waals surface area contributed by atoms with Crippen LogP contribution < -0.4 is 0 Å². The van der Waals surface area contributed by atoms with E-state index in [-0.39, 0.29) is 11.8 Å². The number of nitriles is 1. The van der Waals surface area contributed by atoms with E-state index in [0.717, 1.165) is 17.2 Å². The molecule has 2 rings (SSSR count). The quantitative estimate of drug-likeness (QED) is 0.878. The van der Waals surface area contributed by atoms with Crippen LogP contribution in [0.2, 0.25) is 0 Å². The molecule has 0 bridgehead atoms. The van der Waals surface area contributed by atoms with Gasteiger partial charge in [-0.3, -0.25) is 0 Å². The summed E-state index contributed by atoms with van der Waals surface area (Å²) in [6.45, 7) is 5.91. The maximum Gasteiger partial charge on any atom is 0.152 e. The lowest BCUT2D eigenvalue weighted by atomic mass is 9.97. The van der Waals surface area contributed by atoms with Gasteiger partial charge in [-0.15, -0.1) is 0 Å². The van der Waals surface area contributed by atoms with Crippen LogP contribution in [0.15, 0.2) is 22.7 Å². The van der Waals surface area contributed by atoms with E-state index in [4.69, 9.17) is 9.68 Å². The number of furan rings is 1. The maximum absolute atomic E-state index is 9.10. The van der Waals surface area contributed by atoms with Gasteiger partial charge in [-0.2, -0.15) is 5.26 Å². The van der Waals surface area contributed by atoms with Crippen LogP contribution in [0.4, 0.5) is 0 Å². The van der Waals surface area contributed by atoms with E-state index in [2.05, 4.69) is 16.0 Å². The molecule has 0 spiro atoms. The molecule has 0 radical (unpaired) electrons. The summed E-state index contributed by atoms with van der Waals surface area (Å²) in [6.07, 6.45) is 1.71. The Morgan fingerprint density at radius 3 is 2.71 bits per heavy atom. The van der Waals surface area contributed by atoms with Gasteiger partial charge in [0.2, 0.25) is 0 Å². The van der Waals surface area contributed by atoms with Crippen LogP contribution in [0.25, 0.3) is 11.5 Å². The molecular weight excluding hydrogens is 214 g/mol. The molecule has 0 aliphatic carbocycles. The highest BCUT2D eigenvalue weighted by molar-refractivity contribution is 5.51. The van der Waals surface area contributed by atoms with Crippen LogP contribution in [0.5, 0.6) is 0 Å². The predicted molar refractivity (Wildman–Crippen MR) is 64.2 cm³/mol. The average Bonchev–Trinajstić information content (AvgIpc) is 2.87. The molecular formula is C13H15N3O. The third-order valence-corrected chi connectivity index (χ3v) is 2.70. The van der Waals surface area contributed by atoms with Crippen LogP contribution >= 0.6 is 0 Å². The van der Waals surface area contributed by atoms with Gasteiger partial charge in [-0.1, -0.05) is 13.8 Å². The fourth-order valence-corrected chi connectivity index (χ4v) is 1.73. The molecule has 0 amide bonds. The van der Waals surface area contributed by atoms with Crippen LogP contribution in [-0.2, 0) is 0 Å². The Labute approximate surface area is 100 Å². The molecule has 4 heteroatoms. The number of rotatable bonds is 3. The van der Waals surface area contributed by atoms with Crippen LogP contribution in [0.1, 0.15) is 31.4 Å². The van der Waals surface area contributed by atoms with E-state index in [1.807, 2.05) is 32.9 Å². The third-order valence-electron chi connectivity index (χ3n) is 2.70. The fraction of sp³-hybridized carbons (Fsp3) is 0.385. The lowest BCUT2D eigenvalue weighted by Crippen LogP contribution is -2.05. The molecule has 2 aromatic heterocycles. The van der Waals surface area contributed by atoms with E-state index in [9.17, 15) is 0 Å². The zero-order chi connectivity index (χ0) is 12.4. The summed E-state index contributed by atoms with van der Waals surface area (Å²) >= 11 is 0. The van der Waals surface area contributed by atoms with Gasteiger partial charge in [0.25, 0.3) is 0 Å². The molecule has 1 N–H and O–H groups in total. The summed E-state index contributed by atoms with van der Waals surface area (Å²) < 4.78 is 5.50. The van der Waals surface area contributed by atoms with Crippen molar-refractivity contribution in [3.05, 3.63) is 29.9 Å². The predicted octanol–water partition coefficient (Wildman–Crippen LogP) is 3.24. The van der Waals surface area contributed by atoms with E-state index < -0.39 is 0 Å². The normalized spacial score (nSPS) is 12.6. The lowest BCUT2D eigenvalue weighted by molar-refractivity contribution is 0.544. The summed E-state index contributed by atoms with van der Waals surface area (Å²) in [5, 5.41) is 9.10. The number of imidazole rings is 1. The van der Waals surface area contributed by atoms with Crippen molar-refractivity contribution >= 4 is 0 Å². The highest BCUT2D eigenvalue weighted by atomic mass is 16.3. The molecule has 2 heterocycles. The monoisotopic (exact) mass is 229 g/mol. The van der Waals surface area contributed by atoms with Gasteiger partial charge < -0.3 is 9.40 Å². The number of hydrogen-bond acceptors (Lipinski definition) is 3. The first-order chi connectivity index (χ1) is 8.11. The van der Waals surface area contributed by atoms with Crippen LogP contribution in [-0.4, -0.2) is 9.97 Å². The number of hydrogen-bond donors (Lipinski definition) is 1. The summed E-state index contributed by atoms with van der Waals surface area (Å²) in [6, 6.07) is 6.06. The highest BCUT2D eigenvalue weighted by Crippen LogP contribution is 2.25. The summed E-state index contributed by atoms with van der Waals surface area (Å²) in [5.41, 5.74) is 0.814. The second kappa shape index (κ2) is 4.46. The lowest BCUT2D eigenvalue weighted by Gasteiger charge is -2.08. The molecule has 0 aliphatic rings. The Kier molecular flexibility index (Phi) is 3.01. The maximum atomic E-state index is 9.10. The van der Waals surface area contributed by atoms with Gasteiger partial charge >= 0.3 is 0 Å². The first-order valence-corrected chi connectivity index (χ1v) is 5.63. The first-order valence-electron chi connectivity index (χ1n) is 5.63. The smallest absolute Gasteiger partial charge is 0.152 e. The summed E-state index contributed by atoms with van der Waals surface area (Å²) in [4.78, 5) is 7.40. The van der Waals surface area contributed by atoms with Gasteiger partial charge in [-0.05, 0) is 25.0 Å². The molecule has 0 aromatic carbocycles. The molecule has 1 atom stereocenters. The Bertz CT molecular complexity index is 545. The summed E-state index contributed by atoms with van der Waals surface area (Å²) in [5.74, 6) is 2.34. The second-order valence-electron chi connectivity index (χ2n) is 4.44. The Morgan fingerprint density at radius 2 is 2.18 bits per heavy atom. The Morgan fingerprint density at radius 1 is 1.41 bits per heavy atom. The van der Waals surface area contributed by atoms with E-state index in [1.165, 1.54) is 0 Å². The molecule has 2 aromatic rings. The number of H-pyrrole nitrogens is 1. The molecule has 0 fully saturated rings. The Balaban J connectivity index is 2.30. The highest BCUT2D eigenvalue weighted by Gasteiger charge is 2.19. The van der Waals surface area contributed by atoms with Crippen molar-refractivity contribution in [2.45, 2.75) is 26.7 Å². The van der Waals surface area contributed by atoms with Crippen molar-refractivity contribution in [2.75, 3.05) is 0 Å². The van der Waals surface area contributed by atoms with Gasteiger partial charge in [0, 0.05) is 0 Å². The molecule has 17 heavy (non-hydrogen) atoms. The average molecular weight is 229 g/mol. The van der Waals surface area contributed by atoms with E-state index in [0.29, 0.717) is 5.82 Å². The number of aryl methyl sites for hydroxylation is 1. The minimum Gasteiger partial charge on any atom is -0.460 e. The number of nitrogens with one attached hydrogen (secondary N) is 1. The number of nitrogens with zero attached hydrogens (tertiary/aromatic N) is 2. The van der Waals surface area contributed by atoms with Gasteiger partial charge in [0.1, 0.15) is 23.2 Å². The Hall–Kier alpha value is -2.02. The summed E-state index contributed by atoms with van der Waals surface area (Å²) in [7, 11) is 0. The second-order valence-corrected chi connectivity index (χ2v) is 4.44. The largest absolute Gasteiger partial charge is 0.460 e. The molecule has 4 nitrogen and oxygen atoms in total. The SMILES string of the molecule is Cc1ccc(-c2cnc(C(C#N)C(C)C)[nH]2)o1. The topological polar surface area (TPSA) is 65.6 Å². The van der Waals surface area contributed by atoms with Crippen molar-refractivity contribution in [1.29, 1.82) is 5.26 Å². The van der Waals surface area contributed by atoms with Crippen molar-refractivity contribution in [2.24, 2.45) is 5.92 Å². The van der Waals surface area contributed by atoms with Gasteiger partial charge in [0.15, 0.2) is 5.76 Å². The van der Waals surface area contributed by atoms with Crippen molar-refractivity contribution in [1.82, 2.24) is 9.97 Å². The standard InChI is InChI=1S/C13H15N3O/c1-8(2)10(6-14)13-15-7-11(16-13)12-5-4-9(3)17-12/h4-5,7-8,10H,1-3H3,(H,15,16). The molecule has 0 saturated heterocycles. The fourth-order valence-electron chi connectivity index (χ4n) is 1.73. The van der Waals surface area contributed by atoms with E-state index in [1.54, 1.807) is 6.20 Å². The molecule has 0 saturated carbocycles. The first kappa shape index (κ1) is 11.5. The third kappa shape index (κ3) is 2.23. The van der Waals surface area contributed by atoms with Crippen LogP contribution in [0, 0.1) is 24.2 Å². The van der Waals surface area contributed by atoms with Gasteiger partial charge in [0.05, 0.1) is 12.3 Å². The minimum absolute atomic E-state index is 0.209. The number of aromatic amines is 1. The zero-order valence-corrected chi connectivity index (χ0v) is 10.2. The minimum atomic E-state index is -0.209. The van der Waals surface area contributed by atoms with Crippen molar-refractivity contribution in [3.63, 3.8) is 0 Å². The molecule has 1 unspecified atom stereocenters. The number of aromatic nitrogens is 2. The zero-order valence-electron chi connectivity index (χ0n) is 10.2. The molecule has 88 valence electrons.